The molecule has 0 aliphatic heterocycles. The molecule has 0 unspecified atom stereocenters. The first-order chi connectivity index (χ1) is 8.56. The smallest absolute Gasteiger partial charge is 0.395 e. The second kappa shape index (κ2) is 6.97. The Morgan fingerprint density at radius 2 is 2.28 bits per heavy atom. The van der Waals surface area contributed by atoms with Crippen LogP contribution in [0.15, 0.2) is 16.5 Å². The molecule has 1 aromatic rings. The Morgan fingerprint density at radius 3 is 2.83 bits per heavy atom. The first-order valence-corrected chi connectivity index (χ1v) is 5.73. The summed E-state index contributed by atoms with van der Waals surface area (Å²) in [4.78, 5) is 22.8. The van der Waals surface area contributed by atoms with Crippen molar-refractivity contribution >= 4 is 23.4 Å². The molecule has 0 saturated carbocycles. The number of alkyl halides is 1. The molecule has 0 aliphatic carbocycles. The fourth-order valence-corrected chi connectivity index (χ4v) is 1.30. The molecule has 0 N–H and O–H groups in total. The molecule has 0 radical (unpaired) electrons. The zero-order chi connectivity index (χ0) is 13.5. The monoisotopic (exact) mass is 276 g/mol. The number of carbonyl (C=O) groups is 1. The molecule has 0 fully saturated rings. The van der Waals surface area contributed by atoms with E-state index in [0.717, 1.165) is 6.07 Å². The van der Waals surface area contributed by atoms with E-state index < -0.39 is 16.7 Å². The molecule has 1 heterocycles. The van der Waals surface area contributed by atoms with Crippen LogP contribution in [0.1, 0.15) is 10.6 Å². The van der Waals surface area contributed by atoms with E-state index in [1.165, 1.54) is 11.0 Å². The number of rotatable bonds is 7. The highest BCUT2D eigenvalue weighted by Gasteiger charge is 2.19. The van der Waals surface area contributed by atoms with Crippen molar-refractivity contribution in [3.63, 3.8) is 0 Å². The summed E-state index contributed by atoms with van der Waals surface area (Å²) < 4.78 is 9.92. The van der Waals surface area contributed by atoms with E-state index in [1.807, 2.05) is 0 Å². The number of carbonyl (C=O) groups excluding carboxylic acids is 1. The number of nitro groups is 1. The summed E-state index contributed by atoms with van der Waals surface area (Å²) in [7, 11) is 1.56. The lowest BCUT2D eigenvalue weighted by Crippen LogP contribution is -2.30. The van der Waals surface area contributed by atoms with Gasteiger partial charge in [0.2, 0.25) is 0 Å². The maximum absolute atomic E-state index is 11.8. The molecule has 0 atom stereocenters. The van der Waals surface area contributed by atoms with E-state index in [0.29, 0.717) is 25.6 Å². The van der Waals surface area contributed by atoms with Crippen molar-refractivity contribution in [2.45, 2.75) is 0 Å². The lowest BCUT2D eigenvalue weighted by atomic mass is 10.4. The number of nitrogens with zero attached hydrogens (tertiary/aromatic N) is 2. The van der Waals surface area contributed by atoms with E-state index >= 15 is 0 Å². The van der Waals surface area contributed by atoms with Crippen molar-refractivity contribution < 1.29 is 18.9 Å². The summed E-state index contributed by atoms with van der Waals surface area (Å²) in [6, 6.07) is 2.42. The lowest BCUT2D eigenvalue weighted by Gasteiger charge is -2.15. The van der Waals surface area contributed by atoms with Crippen LogP contribution in [-0.4, -0.2) is 48.4 Å². The summed E-state index contributed by atoms with van der Waals surface area (Å²) >= 11 is 5.42. The maximum Gasteiger partial charge on any atom is 0.433 e. The molecule has 0 aliphatic rings. The second-order valence-corrected chi connectivity index (χ2v) is 3.80. The van der Waals surface area contributed by atoms with Gasteiger partial charge in [-0.2, -0.15) is 0 Å². The third kappa shape index (κ3) is 4.01. The number of hydrogen-bond acceptors (Lipinski definition) is 5. The van der Waals surface area contributed by atoms with Gasteiger partial charge in [-0.05, 0) is 6.07 Å². The second-order valence-electron chi connectivity index (χ2n) is 3.42. The number of hydrogen-bond donors (Lipinski definition) is 0. The number of likely N-dealkylation sites (N-methyl/N-ethyl adjacent to an activating group) is 1. The van der Waals surface area contributed by atoms with Gasteiger partial charge in [0.25, 0.3) is 5.91 Å². The van der Waals surface area contributed by atoms with Gasteiger partial charge in [0.15, 0.2) is 5.76 Å². The predicted molar refractivity (Wildman–Crippen MR) is 63.9 cm³/mol. The zero-order valence-corrected chi connectivity index (χ0v) is 10.6. The van der Waals surface area contributed by atoms with Gasteiger partial charge < -0.3 is 14.1 Å². The predicted octanol–water partition coefficient (Wildman–Crippen LogP) is 1.52. The number of amides is 1. The van der Waals surface area contributed by atoms with Gasteiger partial charge in [0.05, 0.1) is 19.3 Å². The summed E-state index contributed by atoms with van der Waals surface area (Å²) in [5.74, 6) is -0.563. The third-order valence-corrected chi connectivity index (χ3v) is 2.28. The fraction of sp³-hybridized carbons (Fsp3) is 0.500. The van der Waals surface area contributed by atoms with Crippen molar-refractivity contribution in [1.82, 2.24) is 4.90 Å². The van der Waals surface area contributed by atoms with E-state index in [9.17, 15) is 14.9 Å². The lowest BCUT2D eigenvalue weighted by molar-refractivity contribution is -0.402. The van der Waals surface area contributed by atoms with Crippen LogP contribution in [-0.2, 0) is 4.74 Å². The molecule has 7 nitrogen and oxygen atoms in total. The van der Waals surface area contributed by atoms with Crippen molar-refractivity contribution in [3.05, 3.63) is 28.0 Å². The Hall–Kier alpha value is -1.60. The topological polar surface area (TPSA) is 85.8 Å². The Kier molecular flexibility index (Phi) is 5.60. The quantitative estimate of drug-likeness (QED) is 0.326. The molecule has 0 saturated heterocycles. The van der Waals surface area contributed by atoms with E-state index in [1.54, 1.807) is 7.05 Å². The molecule has 0 spiro atoms. The Balaban J connectivity index is 2.49. The average Bonchev–Trinajstić information content (AvgIpc) is 2.83. The van der Waals surface area contributed by atoms with Gasteiger partial charge in [0, 0.05) is 19.5 Å². The first kappa shape index (κ1) is 14.5. The molecule has 1 rings (SSSR count). The van der Waals surface area contributed by atoms with E-state index in [4.69, 9.17) is 20.8 Å². The van der Waals surface area contributed by atoms with Crippen LogP contribution in [0.2, 0.25) is 0 Å². The number of ether oxygens (including phenoxy) is 1. The number of furan rings is 1. The summed E-state index contributed by atoms with van der Waals surface area (Å²) in [6.07, 6.45) is 0. The van der Waals surface area contributed by atoms with Crippen molar-refractivity contribution in [1.29, 1.82) is 0 Å². The molecule has 1 amide bonds. The molecular weight excluding hydrogens is 264 g/mol. The van der Waals surface area contributed by atoms with Gasteiger partial charge >= 0.3 is 5.88 Å². The highest BCUT2D eigenvalue weighted by molar-refractivity contribution is 6.17. The largest absolute Gasteiger partial charge is 0.433 e. The van der Waals surface area contributed by atoms with Gasteiger partial charge in [-0.15, -0.1) is 11.6 Å². The molecule has 100 valence electrons. The third-order valence-electron chi connectivity index (χ3n) is 2.12. The van der Waals surface area contributed by atoms with Crippen LogP contribution in [0.4, 0.5) is 5.88 Å². The van der Waals surface area contributed by atoms with Crippen LogP contribution in [0, 0.1) is 10.1 Å². The highest BCUT2D eigenvalue weighted by atomic mass is 35.5. The van der Waals surface area contributed by atoms with Crippen molar-refractivity contribution in [2.24, 2.45) is 0 Å². The van der Waals surface area contributed by atoms with Gasteiger partial charge in [-0.25, -0.2) is 0 Å². The standard InChI is InChI=1S/C10H13ClN2O5/c1-12(5-7-17-6-4-11)10(14)8-2-3-9(18-8)13(15)16/h2-3H,4-7H2,1H3. The van der Waals surface area contributed by atoms with Crippen molar-refractivity contribution in [3.8, 4) is 0 Å². The van der Waals surface area contributed by atoms with Gasteiger partial charge in [-0.1, -0.05) is 0 Å². The maximum atomic E-state index is 11.8. The van der Waals surface area contributed by atoms with Crippen LogP contribution in [0.3, 0.4) is 0 Å². The zero-order valence-electron chi connectivity index (χ0n) is 9.80. The Morgan fingerprint density at radius 1 is 1.56 bits per heavy atom. The summed E-state index contributed by atoms with van der Waals surface area (Å²) in [5.41, 5.74) is 0. The minimum atomic E-state index is -0.694. The van der Waals surface area contributed by atoms with E-state index in [2.05, 4.69) is 0 Å². The summed E-state index contributed by atoms with van der Waals surface area (Å²) in [5, 5.41) is 10.4. The molecule has 8 heteroatoms. The Labute approximate surface area is 108 Å². The minimum absolute atomic E-state index is 0.0680. The molecule has 18 heavy (non-hydrogen) atoms. The van der Waals surface area contributed by atoms with Crippen LogP contribution in [0.5, 0.6) is 0 Å². The van der Waals surface area contributed by atoms with Crippen molar-refractivity contribution in [2.75, 3.05) is 32.7 Å². The minimum Gasteiger partial charge on any atom is -0.395 e. The highest BCUT2D eigenvalue weighted by Crippen LogP contribution is 2.16. The van der Waals surface area contributed by atoms with Crippen LogP contribution in [0.25, 0.3) is 0 Å². The molecule has 0 bridgehead atoms. The summed E-state index contributed by atoms with van der Waals surface area (Å²) in [6.45, 7) is 1.11. The average molecular weight is 277 g/mol. The molecule has 0 aromatic carbocycles. The normalized spacial score (nSPS) is 10.3. The fourth-order valence-electron chi connectivity index (χ4n) is 1.19. The van der Waals surface area contributed by atoms with Crippen LogP contribution < -0.4 is 0 Å². The van der Waals surface area contributed by atoms with E-state index in [-0.39, 0.29) is 5.76 Å². The molecule has 1 aromatic heterocycles. The SMILES string of the molecule is CN(CCOCCCl)C(=O)c1ccc([N+](=O)[O-])o1. The first-order valence-electron chi connectivity index (χ1n) is 5.19. The van der Waals surface area contributed by atoms with Gasteiger partial charge in [-0.3, -0.25) is 14.9 Å². The van der Waals surface area contributed by atoms with Gasteiger partial charge in [0.1, 0.15) is 4.92 Å². The number of halogens is 1. The van der Waals surface area contributed by atoms with Crippen LogP contribution >= 0.6 is 11.6 Å². The molecular formula is C10H13ClN2O5. The Bertz CT molecular complexity index is 420.